The van der Waals surface area contributed by atoms with Gasteiger partial charge < -0.3 is 10.6 Å². The first-order valence-electron chi connectivity index (χ1n) is 6.54. The van der Waals surface area contributed by atoms with E-state index in [0.29, 0.717) is 18.2 Å². The molecule has 18 heavy (non-hydrogen) atoms. The van der Waals surface area contributed by atoms with Crippen molar-refractivity contribution in [2.75, 3.05) is 13.1 Å². The van der Waals surface area contributed by atoms with Crippen molar-refractivity contribution in [1.29, 1.82) is 0 Å². The summed E-state index contributed by atoms with van der Waals surface area (Å²) in [5.74, 6) is 0.458. The summed E-state index contributed by atoms with van der Waals surface area (Å²) in [5.41, 5.74) is 7.26. The minimum Gasteiger partial charge on any atom is -0.334 e. The second-order valence-electron chi connectivity index (χ2n) is 5.28. The van der Waals surface area contributed by atoms with Crippen LogP contribution in [0.15, 0.2) is 6.07 Å². The molecule has 2 unspecified atom stereocenters. The molecule has 1 amide bonds. The van der Waals surface area contributed by atoms with Gasteiger partial charge in [-0.1, -0.05) is 0 Å². The highest BCUT2D eigenvalue weighted by atomic mass is 16.2. The number of nitrogens with zero attached hydrogens (tertiary/aromatic N) is 3. The lowest BCUT2D eigenvalue weighted by molar-refractivity contribution is 0.0560. The molecule has 2 heterocycles. The van der Waals surface area contributed by atoms with Gasteiger partial charge in [0.2, 0.25) is 0 Å². The van der Waals surface area contributed by atoms with E-state index in [1.54, 1.807) is 4.68 Å². The van der Waals surface area contributed by atoms with Crippen molar-refractivity contribution < 1.29 is 4.79 Å². The van der Waals surface area contributed by atoms with Gasteiger partial charge in [0.1, 0.15) is 0 Å². The summed E-state index contributed by atoms with van der Waals surface area (Å²) in [4.78, 5) is 14.4. The third-order valence-electron chi connectivity index (χ3n) is 3.91. The topological polar surface area (TPSA) is 64.2 Å². The standard InChI is InChI=1S/C13H22N4O/c1-9-4-5-11(7-14)8-17(9)13(18)12-6-10(2)16(3)15-12/h6,9,11H,4-5,7-8,14H2,1-3H3. The van der Waals surface area contributed by atoms with Crippen LogP contribution in [-0.2, 0) is 7.05 Å². The third-order valence-corrected chi connectivity index (χ3v) is 3.91. The Labute approximate surface area is 108 Å². The fourth-order valence-electron chi connectivity index (χ4n) is 2.47. The molecule has 5 heteroatoms. The number of aromatic nitrogens is 2. The first-order chi connectivity index (χ1) is 8.52. The summed E-state index contributed by atoms with van der Waals surface area (Å²) in [6, 6.07) is 2.13. The highest BCUT2D eigenvalue weighted by Gasteiger charge is 2.30. The number of aryl methyl sites for hydroxylation is 2. The van der Waals surface area contributed by atoms with Crippen molar-refractivity contribution in [2.24, 2.45) is 18.7 Å². The molecule has 0 saturated carbocycles. The van der Waals surface area contributed by atoms with E-state index in [-0.39, 0.29) is 11.9 Å². The first-order valence-corrected chi connectivity index (χ1v) is 6.54. The lowest BCUT2D eigenvalue weighted by Crippen LogP contribution is -2.47. The number of likely N-dealkylation sites (tertiary alicyclic amines) is 1. The molecule has 0 radical (unpaired) electrons. The second-order valence-corrected chi connectivity index (χ2v) is 5.28. The first kappa shape index (κ1) is 13.1. The van der Waals surface area contributed by atoms with Gasteiger partial charge in [0.25, 0.3) is 5.91 Å². The van der Waals surface area contributed by atoms with Gasteiger partial charge in [0.15, 0.2) is 5.69 Å². The lowest BCUT2D eigenvalue weighted by atomic mass is 9.93. The predicted octanol–water partition coefficient (Wildman–Crippen LogP) is 0.928. The molecule has 2 atom stereocenters. The van der Waals surface area contributed by atoms with Crippen LogP contribution in [-0.4, -0.2) is 39.7 Å². The highest BCUT2D eigenvalue weighted by molar-refractivity contribution is 5.92. The molecular formula is C13H22N4O. The van der Waals surface area contributed by atoms with E-state index in [1.807, 2.05) is 24.9 Å². The van der Waals surface area contributed by atoms with Crippen LogP contribution in [0.5, 0.6) is 0 Å². The molecular weight excluding hydrogens is 228 g/mol. The fourth-order valence-corrected chi connectivity index (χ4v) is 2.47. The van der Waals surface area contributed by atoms with Gasteiger partial charge >= 0.3 is 0 Å². The summed E-state index contributed by atoms with van der Waals surface area (Å²) in [6.45, 7) is 5.45. The maximum Gasteiger partial charge on any atom is 0.274 e. The summed E-state index contributed by atoms with van der Waals surface area (Å²) >= 11 is 0. The van der Waals surface area contributed by atoms with E-state index < -0.39 is 0 Å². The minimum atomic E-state index is 0.0318. The Hall–Kier alpha value is -1.36. The molecule has 2 rings (SSSR count). The summed E-state index contributed by atoms with van der Waals surface area (Å²) in [5, 5.41) is 4.26. The third kappa shape index (κ3) is 2.41. The average Bonchev–Trinajstić information content (AvgIpc) is 2.69. The zero-order chi connectivity index (χ0) is 13.3. The highest BCUT2D eigenvalue weighted by Crippen LogP contribution is 2.22. The molecule has 1 aromatic heterocycles. The lowest BCUT2D eigenvalue weighted by Gasteiger charge is -2.37. The number of hydrogen-bond acceptors (Lipinski definition) is 3. The van der Waals surface area contributed by atoms with Gasteiger partial charge in [-0.05, 0) is 45.2 Å². The van der Waals surface area contributed by atoms with Crippen LogP contribution in [0.2, 0.25) is 0 Å². The Bertz CT molecular complexity index is 421. The molecule has 0 aromatic carbocycles. The largest absolute Gasteiger partial charge is 0.334 e. The molecule has 1 aliphatic heterocycles. The van der Waals surface area contributed by atoms with E-state index in [4.69, 9.17) is 5.73 Å². The van der Waals surface area contributed by atoms with Crippen molar-refractivity contribution in [3.63, 3.8) is 0 Å². The van der Waals surface area contributed by atoms with Gasteiger partial charge in [0.05, 0.1) is 0 Å². The van der Waals surface area contributed by atoms with Crippen molar-refractivity contribution in [2.45, 2.75) is 32.7 Å². The molecule has 1 saturated heterocycles. The summed E-state index contributed by atoms with van der Waals surface area (Å²) in [6.07, 6.45) is 2.14. The zero-order valence-electron chi connectivity index (χ0n) is 11.4. The van der Waals surface area contributed by atoms with Crippen LogP contribution in [0, 0.1) is 12.8 Å². The molecule has 0 spiro atoms. The SMILES string of the molecule is Cc1cc(C(=O)N2CC(CN)CCC2C)nn1C. The fraction of sp³-hybridized carbons (Fsp3) is 0.692. The molecule has 100 valence electrons. The van der Waals surface area contributed by atoms with Crippen LogP contribution >= 0.6 is 0 Å². The summed E-state index contributed by atoms with van der Waals surface area (Å²) < 4.78 is 1.74. The van der Waals surface area contributed by atoms with Gasteiger partial charge in [-0.2, -0.15) is 5.10 Å². The number of carbonyl (C=O) groups is 1. The van der Waals surface area contributed by atoms with E-state index in [0.717, 1.165) is 25.1 Å². The zero-order valence-corrected chi connectivity index (χ0v) is 11.4. The number of nitrogens with two attached hydrogens (primary N) is 1. The molecule has 1 fully saturated rings. The van der Waals surface area contributed by atoms with Crippen molar-refractivity contribution in [1.82, 2.24) is 14.7 Å². The predicted molar refractivity (Wildman–Crippen MR) is 70.2 cm³/mol. The van der Waals surface area contributed by atoms with Crippen molar-refractivity contribution >= 4 is 5.91 Å². The monoisotopic (exact) mass is 250 g/mol. The van der Waals surface area contributed by atoms with Gasteiger partial charge in [-0.25, -0.2) is 0 Å². The second kappa shape index (κ2) is 5.10. The van der Waals surface area contributed by atoms with Crippen LogP contribution in [0.1, 0.15) is 35.9 Å². The molecule has 0 aliphatic carbocycles. The number of hydrogen-bond donors (Lipinski definition) is 1. The summed E-state index contributed by atoms with van der Waals surface area (Å²) in [7, 11) is 1.86. The normalized spacial score (nSPS) is 24.3. The van der Waals surface area contributed by atoms with Crippen molar-refractivity contribution in [3.8, 4) is 0 Å². The Morgan fingerprint density at radius 2 is 2.28 bits per heavy atom. The maximum absolute atomic E-state index is 12.4. The molecule has 2 N–H and O–H groups in total. The number of piperidine rings is 1. The van der Waals surface area contributed by atoms with Crippen LogP contribution in [0.3, 0.4) is 0 Å². The Balaban J connectivity index is 2.16. The van der Waals surface area contributed by atoms with E-state index in [1.165, 1.54) is 0 Å². The smallest absolute Gasteiger partial charge is 0.274 e. The number of carbonyl (C=O) groups excluding carboxylic acids is 1. The van der Waals surface area contributed by atoms with Gasteiger partial charge in [-0.15, -0.1) is 0 Å². The van der Waals surface area contributed by atoms with E-state index >= 15 is 0 Å². The maximum atomic E-state index is 12.4. The quantitative estimate of drug-likeness (QED) is 0.849. The Morgan fingerprint density at radius 1 is 1.56 bits per heavy atom. The van der Waals surface area contributed by atoms with E-state index in [2.05, 4.69) is 12.0 Å². The molecule has 1 aliphatic rings. The van der Waals surface area contributed by atoms with Crippen LogP contribution < -0.4 is 5.73 Å². The minimum absolute atomic E-state index is 0.0318. The van der Waals surface area contributed by atoms with Gasteiger partial charge in [0, 0.05) is 25.3 Å². The molecule has 0 bridgehead atoms. The van der Waals surface area contributed by atoms with Gasteiger partial charge in [-0.3, -0.25) is 9.48 Å². The molecule has 1 aromatic rings. The van der Waals surface area contributed by atoms with Crippen molar-refractivity contribution in [3.05, 3.63) is 17.5 Å². The number of amides is 1. The average molecular weight is 250 g/mol. The molecule has 5 nitrogen and oxygen atoms in total. The van der Waals surface area contributed by atoms with Crippen LogP contribution in [0.25, 0.3) is 0 Å². The Morgan fingerprint density at radius 3 is 2.83 bits per heavy atom. The Kier molecular flexibility index (Phi) is 3.71. The number of rotatable bonds is 2. The van der Waals surface area contributed by atoms with Crippen LogP contribution in [0.4, 0.5) is 0 Å². The van der Waals surface area contributed by atoms with E-state index in [9.17, 15) is 4.79 Å².